The third-order valence-electron chi connectivity index (χ3n) is 3.56. The predicted octanol–water partition coefficient (Wildman–Crippen LogP) is 3.64. The zero-order valence-electron chi connectivity index (χ0n) is 14.3. The number of benzene rings is 1. The van der Waals surface area contributed by atoms with E-state index in [1.807, 2.05) is 6.07 Å². The molecule has 3 aromatic rings. The molecule has 28 heavy (non-hydrogen) atoms. The largest absolute Gasteiger partial charge is 0.468 e. The monoisotopic (exact) mass is 437 g/mol. The van der Waals surface area contributed by atoms with Gasteiger partial charge in [0.25, 0.3) is 5.91 Å². The van der Waals surface area contributed by atoms with Gasteiger partial charge in [0.2, 0.25) is 0 Å². The van der Waals surface area contributed by atoms with Gasteiger partial charge in [-0.15, -0.1) is 0 Å². The fourth-order valence-corrected chi connectivity index (χ4v) is 4.45. The topological polar surface area (TPSA) is 104 Å². The molecule has 0 radical (unpaired) electrons. The second-order valence-electron chi connectivity index (χ2n) is 5.35. The van der Waals surface area contributed by atoms with Crippen LogP contribution in [0.3, 0.4) is 0 Å². The Balaban J connectivity index is 1.97. The zero-order chi connectivity index (χ0) is 20.3. The van der Waals surface area contributed by atoms with Crippen molar-refractivity contribution in [3.05, 3.63) is 61.2 Å². The lowest BCUT2D eigenvalue weighted by molar-refractivity contribution is -0.380. The number of halogens is 1. The zero-order valence-corrected chi connectivity index (χ0v) is 16.7. The van der Waals surface area contributed by atoms with Crippen LogP contribution in [0.2, 0.25) is 5.02 Å². The Hall–Kier alpha value is -2.82. The molecule has 0 aliphatic carbocycles. The van der Waals surface area contributed by atoms with Crippen LogP contribution in [0.15, 0.2) is 41.4 Å². The average Bonchev–Trinajstić information content (AvgIpc) is 3.26. The lowest BCUT2D eigenvalue weighted by Gasteiger charge is -2.04. The minimum absolute atomic E-state index is 0.0147. The molecule has 3 rings (SSSR count). The Morgan fingerprint density at radius 1 is 1.32 bits per heavy atom. The second kappa shape index (κ2) is 8.46. The fourth-order valence-electron chi connectivity index (χ4n) is 2.33. The van der Waals surface area contributed by atoms with Crippen molar-refractivity contribution in [3.8, 4) is 0 Å². The first-order valence-electron chi connectivity index (χ1n) is 7.74. The molecule has 0 spiro atoms. The van der Waals surface area contributed by atoms with E-state index in [1.165, 1.54) is 41.2 Å². The Morgan fingerprint density at radius 2 is 2.11 bits per heavy atom. The summed E-state index contributed by atoms with van der Waals surface area (Å²) in [4.78, 5) is 39.1. The molecule has 0 unspecified atom stereocenters. The van der Waals surface area contributed by atoms with E-state index in [1.54, 1.807) is 18.2 Å². The van der Waals surface area contributed by atoms with Crippen LogP contribution in [0, 0.1) is 10.1 Å². The maximum Gasteiger partial charge on any atom is 0.325 e. The van der Waals surface area contributed by atoms with E-state index in [9.17, 15) is 19.7 Å². The molecule has 0 saturated heterocycles. The maximum atomic E-state index is 12.3. The minimum atomic E-state index is -0.572. The lowest BCUT2D eigenvalue weighted by atomic mass is 10.3. The van der Waals surface area contributed by atoms with Gasteiger partial charge >= 0.3 is 11.0 Å². The molecule has 0 saturated carbocycles. The van der Waals surface area contributed by atoms with Gasteiger partial charge in [-0.25, -0.2) is 0 Å². The second-order valence-corrected chi connectivity index (χ2v) is 7.86. The molecule has 0 aliphatic rings. The number of rotatable bonds is 5. The molecule has 0 atom stereocenters. The summed E-state index contributed by atoms with van der Waals surface area (Å²) in [6, 6.07) is 8.16. The number of thiophene rings is 1. The van der Waals surface area contributed by atoms with Crippen LogP contribution in [0.1, 0.15) is 4.88 Å². The summed E-state index contributed by atoms with van der Waals surface area (Å²) < 4.78 is 7.00. The van der Waals surface area contributed by atoms with Crippen molar-refractivity contribution >= 4 is 67.4 Å². The highest BCUT2D eigenvalue weighted by atomic mass is 35.5. The van der Waals surface area contributed by atoms with Crippen LogP contribution in [0.5, 0.6) is 0 Å². The van der Waals surface area contributed by atoms with Crippen LogP contribution in [0.25, 0.3) is 16.3 Å². The van der Waals surface area contributed by atoms with Gasteiger partial charge < -0.3 is 9.30 Å². The molecule has 0 N–H and O–H groups in total. The van der Waals surface area contributed by atoms with Gasteiger partial charge in [0.15, 0.2) is 4.80 Å². The molecule has 1 aromatic carbocycles. The third kappa shape index (κ3) is 4.35. The Kier molecular flexibility index (Phi) is 6.02. The number of nitro groups is 1. The van der Waals surface area contributed by atoms with Crippen LogP contribution >= 0.6 is 34.3 Å². The summed E-state index contributed by atoms with van der Waals surface area (Å²) in [5, 5.41) is 11.1. The summed E-state index contributed by atoms with van der Waals surface area (Å²) in [5.74, 6) is -1.08. The highest BCUT2D eigenvalue weighted by Crippen LogP contribution is 2.26. The number of methoxy groups -OCH3 is 1. The molecule has 0 aliphatic heterocycles. The van der Waals surface area contributed by atoms with Crippen molar-refractivity contribution < 1.29 is 19.2 Å². The number of aromatic nitrogens is 1. The minimum Gasteiger partial charge on any atom is -0.468 e. The van der Waals surface area contributed by atoms with Crippen LogP contribution in [-0.4, -0.2) is 28.5 Å². The number of carbonyl (C=O) groups excluding carboxylic acids is 2. The fraction of sp³-hybridized carbons (Fsp3) is 0.118. The number of amides is 1. The van der Waals surface area contributed by atoms with E-state index in [0.717, 1.165) is 16.0 Å². The molecule has 144 valence electrons. The first-order valence-corrected chi connectivity index (χ1v) is 9.76. The first kappa shape index (κ1) is 19.9. The molecular formula is C17H12ClN3O5S2. The number of esters is 1. The first-order chi connectivity index (χ1) is 13.4. The highest BCUT2D eigenvalue weighted by molar-refractivity contribution is 7.16. The molecule has 1 amide bonds. The van der Waals surface area contributed by atoms with E-state index in [0.29, 0.717) is 20.2 Å². The molecule has 2 aromatic heterocycles. The predicted molar refractivity (Wildman–Crippen MR) is 107 cm³/mol. The van der Waals surface area contributed by atoms with Crippen LogP contribution in [-0.2, 0) is 20.9 Å². The SMILES string of the molecule is COC(=O)Cn1c(=NC(=O)C=Cc2ccc([N+](=O)[O-])s2)sc2cccc(Cl)c21. The van der Waals surface area contributed by atoms with Crippen molar-refractivity contribution in [1.29, 1.82) is 0 Å². The summed E-state index contributed by atoms with van der Waals surface area (Å²) in [5.41, 5.74) is 0.587. The van der Waals surface area contributed by atoms with Crippen molar-refractivity contribution in [2.45, 2.75) is 6.54 Å². The number of hydrogen-bond donors (Lipinski definition) is 0. The van der Waals surface area contributed by atoms with Crippen molar-refractivity contribution in [1.82, 2.24) is 4.57 Å². The van der Waals surface area contributed by atoms with E-state index in [2.05, 4.69) is 4.99 Å². The molecule has 2 heterocycles. The van der Waals surface area contributed by atoms with E-state index in [-0.39, 0.29) is 11.5 Å². The quantitative estimate of drug-likeness (QED) is 0.262. The smallest absolute Gasteiger partial charge is 0.325 e. The number of hydrogen-bond acceptors (Lipinski definition) is 7. The number of carbonyl (C=O) groups is 2. The highest BCUT2D eigenvalue weighted by Gasteiger charge is 2.14. The third-order valence-corrected chi connectivity index (χ3v) is 5.91. The Labute approximate surface area is 171 Å². The number of thiazole rings is 1. The van der Waals surface area contributed by atoms with E-state index >= 15 is 0 Å². The number of fused-ring (bicyclic) bond motifs is 1. The molecular weight excluding hydrogens is 426 g/mol. The molecule has 0 fully saturated rings. The van der Waals surface area contributed by atoms with Gasteiger partial charge in [-0.1, -0.05) is 40.3 Å². The van der Waals surface area contributed by atoms with Crippen molar-refractivity contribution in [2.75, 3.05) is 7.11 Å². The Bertz CT molecular complexity index is 1180. The van der Waals surface area contributed by atoms with Crippen molar-refractivity contribution in [2.24, 2.45) is 4.99 Å². The van der Waals surface area contributed by atoms with E-state index in [4.69, 9.17) is 16.3 Å². The molecule has 0 bridgehead atoms. The normalized spacial score (nSPS) is 12.0. The number of para-hydroxylation sites is 1. The standard InChI is InChI=1S/C17H12ClN3O5S2/c1-26-15(23)9-20-16-11(18)3-2-4-12(16)28-17(20)19-13(22)7-5-10-6-8-14(27-10)21(24)25/h2-8H,9H2,1H3. The number of ether oxygens (including phenoxy) is 1. The molecule has 8 nitrogen and oxygen atoms in total. The van der Waals surface area contributed by atoms with Gasteiger partial charge in [-0.05, 0) is 24.3 Å². The maximum absolute atomic E-state index is 12.3. The van der Waals surface area contributed by atoms with Crippen LogP contribution in [0.4, 0.5) is 5.00 Å². The summed E-state index contributed by atoms with van der Waals surface area (Å²) in [6.45, 7) is -0.146. The van der Waals surface area contributed by atoms with Crippen LogP contribution < -0.4 is 4.80 Å². The lowest BCUT2D eigenvalue weighted by Crippen LogP contribution is -2.22. The summed E-state index contributed by atoms with van der Waals surface area (Å²) >= 11 is 8.41. The van der Waals surface area contributed by atoms with Gasteiger partial charge in [0, 0.05) is 17.0 Å². The Morgan fingerprint density at radius 3 is 2.79 bits per heavy atom. The van der Waals surface area contributed by atoms with E-state index < -0.39 is 16.8 Å². The van der Waals surface area contributed by atoms with Crippen molar-refractivity contribution in [3.63, 3.8) is 0 Å². The molecule has 11 heteroatoms. The van der Waals surface area contributed by atoms with Gasteiger partial charge in [-0.3, -0.25) is 19.7 Å². The summed E-state index contributed by atoms with van der Waals surface area (Å²) in [7, 11) is 1.27. The summed E-state index contributed by atoms with van der Waals surface area (Å²) in [6.07, 6.45) is 2.67. The average molecular weight is 438 g/mol. The number of nitrogens with zero attached hydrogens (tertiary/aromatic N) is 3. The van der Waals surface area contributed by atoms with Gasteiger partial charge in [0.05, 0.1) is 27.3 Å². The van der Waals surface area contributed by atoms with Gasteiger partial charge in [-0.2, -0.15) is 4.99 Å². The van der Waals surface area contributed by atoms with Gasteiger partial charge in [0.1, 0.15) is 6.54 Å².